The lowest BCUT2D eigenvalue weighted by atomic mass is 10.0. The molecule has 1 aliphatic rings. The highest BCUT2D eigenvalue weighted by Crippen LogP contribution is 2.22. The first-order valence-electron chi connectivity index (χ1n) is 5.03. The second kappa shape index (κ2) is 4.06. The number of hydrogen-bond acceptors (Lipinski definition) is 4. The first-order valence-corrected chi connectivity index (χ1v) is 5.03. The number of aromatic nitrogens is 3. The van der Waals surface area contributed by atoms with Crippen LogP contribution in [-0.4, -0.2) is 28.4 Å². The molecule has 0 radical (unpaired) electrons. The number of nitrogens with two attached hydrogens (primary N) is 1. The molecule has 1 aromatic heterocycles. The summed E-state index contributed by atoms with van der Waals surface area (Å²) in [6.07, 6.45) is 2.21. The Labute approximate surface area is 83.1 Å². The number of nitrogens with zero attached hydrogens (tertiary/aromatic N) is 2. The van der Waals surface area contributed by atoms with Gasteiger partial charge in [-0.15, -0.1) is 0 Å². The van der Waals surface area contributed by atoms with Crippen molar-refractivity contribution in [2.45, 2.75) is 31.7 Å². The van der Waals surface area contributed by atoms with Crippen LogP contribution in [0.1, 0.15) is 43.4 Å². The van der Waals surface area contributed by atoms with Crippen LogP contribution in [0.5, 0.6) is 0 Å². The Bertz CT molecular complexity index is 291. The summed E-state index contributed by atoms with van der Waals surface area (Å²) in [4.78, 5) is 4.36. The van der Waals surface area contributed by atoms with Crippen molar-refractivity contribution in [3.05, 3.63) is 11.6 Å². The van der Waals surface area contributed by atoms with Gasteiger partial charge in [-0.25, -0.2) is 4.98 Å². The molecule has 5 heteroatoms. The third kappa shape index (κ3) is 1.93. The summed E-state index contributed by atoms with van der Waals surface area (Å²) < 4.78 is 5.39. The topological polar surface area (TPSA) is 76.8 Å². The molecule has 0 aliphatic carbocycles. The second-order valence-corrected chi connectivity index (χ2v) is 3.78. The van der Waals surface area contributed by atoms with Crippen LogP contribution < -0.4 is 5.73 Å². The normalized spacial score (nSPS) is 24.9. The van der Waals surface area contributed by atoms with E-state index in [9.17, 15) is 0 Å². The maximum atomic E-state index is 5.68. The molecule has 1 aromatic rings. The van der Waals surface area contributed by atoms with Gasteiger partial charge in [0.2, 0.25) is 0 Å². The molecule has 2 unspecified atom stereocenters. The van der Waals surface area contributed by atoms with Crippen molar-refractivity contribution in [1.29, 1.82) is 0 Å². The minimum atomic E-state index is -0.107. The lowest BCUT2D eigenvalue weighted by molar-refractivity contribution is 0.0781. The molecule has 2 atom stereocenters. The molecule has 1 saturated heterocycles. The highest BCUT2D eigenvalue weighted by atomic mass is 16.5. The van der Waals surface area contributed by atoms with Gasteiger partial charge in [0, 0.05) is 12.5 Å². The summed E-state index contributed by atoms with van der Waals surface area (Å²) in [5.74, 6) is 1.96. The number of ether oxygens (including phenoxy) is 1. The predicted octanol–water partition coefficient (Wildman–Crippen LogP) is 0.718. The van der Waals surface area contributed by atoms with Gasteiger partial charge >= 0.3 is 0 Å². The van der Waals surface area contributed by atoms with Gasteiger partial charge in [-0.2, -0.15) is 5.10 Å². The fraction of sp³-hybridized carbons (Fsp3) is 0.778. The zero-order valence-corrected chi connectivity index (χ0v) is 8.36. The smallest absolute Gasteiger partial charge is 0.167 e. The maximum Gasteiger partial charge on any atom is 0.167 e. The Morgan fingerprint density at radius 1 is 1.64 bits per heavy atom. The van der Waals surface area contributed by atoms with E-state index in [0.29, 0.717) is 11.7 Å². The highest BCUT2D eigenvalue weighted by molar-refractivity contribution is 5.01. The zero-order chi connectivity index (χ0) is 9.97. The molecule has 78 valence electrons. The molecular weight excluding hydrogens is 180 g/mol. The highest BCUT2D eigenvalue weighted by Gasteiger charge is 2.20. The summed E-state index contributed by atoms with van der Waals surface area (Å²) in [5, 5.41) is 7.01. The monoisotopic (exact) mass is 196 g/mol. The summed E-state index contributed by atoms with van der Waals surface area (Å²) in [5.41, 5.74) is 5.68. The van der Waals surface area contributed by atoms with Crippen LogP contribution in [0.15, 0.2) is 0 Å². The van der Waals surface area contributed by atoms with Gasteiger partial charge in [-0.3, -0.25) is 5.10 Å². The average Bonchev–Trinajstić information content (AvgIpc) is 2.68. The molecule has 14 heavy (non-hydrogen) atoms. The van der Waals surface area contributed by atoms with Crippen molar-refractivity contribution >= 4 is 0 Å². The van der Waals surface area contributed by atoms with Crippen molar-refractivity contribution in [1.82, 2.24) is 15.2 Å². The number of H-pyrrole nitrogens is 1. The minimum absolute atomic E-state index is 0.107. The molecule has 2 heterocycles. The van der Waals surface area contributed by atoms with E-state index >= 15 is 0 Å². The number of hydrogen-bond donors (Lipinski definition) is 2. The molecule has 2 rings (SSSR count). The quantitative estimate of drug-likeness (QED) is 0.730. The Hall–Kier alpha value is -0.940. The maximum absolute atomic E-state index is 5.68. The van der Waals surface area contributed by atoms with Gasteiger partial charge in [0.25, 0.3) is 0 Å². The van der Waals surface area contributed by atoms with Gasteiger partial charge in [0.05, 0.1) is 12.6 Å². The molecule has 0 amide bonds. The number of rotatable bonds is 2. The van der Waals surface area contributed by atoms with Crippen molar-refractivity contribution in [2.24, 2.45) is 5.73 Å². The van der Waals surface area contributed by atoms with Crippen molar-refractivity contribution < 1.29 is 4.74 Å². The molecule has 0 spiro atoms. The molecule has 5 nitrogen and oxygen atoms in total. The van der Waals surface area contributed by atoms with Crippen LogP contribution in [0.2, 0.25) is 0 Å². The molecule has 0 aromatic carbocycles. The molecule has 1 fully saturated rings. The molecule has 0 bridgehead atoms. The third-order valence-corrected chi connectivity index (χ3v) is 2.47. The van der Waals surface area contributed by atoms with Crippen LogP contribution in [0.25, 0.3) is 0 Å². The van der Waals surface area contributed by atoms with Crippen LogP contribution >= 0.6 is 0 Å². The van der Waals surface area contributed by atoms with Crippen molar-refractivity contribution in [3.63, 3.8) is 0 Å². The van der Waals surface area contributed by atoms with Crippen molar-refractivity contribution in [3.8, 4) is 0 Å². The van der Waals surface area contributed by atoms with Crippen LogP contribution in [0, 0.1) is 0 Å². The summed E-state index contributed by atoms with van der Waals surface area (Å²) in [6, 6.07) is -0.107. The fourth-order valence-corrected chi connectivity index (χ4v) is 1.63. The summed E-state index contributed by atoms with van der Waals surface area (Å²) in [6.45, 7) is 3.49. The Balaban J connectivity index is 2.07. The van der Waals surface area contributed by atoms with Crippen LogP contribution in [0.4, 0.5) is 0 Å². The van der Waals surface area contributed by atoms with E-state index < -0.39 is 0 Å². The lowest BCUT2D eigenvalue weighted by Crippen LogP contribution is -2.16. The fourth-order valence-electron chi connectivity index (χ4n) is 1.63. The summed E-state index contributed by atoms with van der Waals surface area (Å²) >= 11 is 0. The lowest BCUT2D eigenvalue weighted by Gasteiger charge is -2.19. The SMILES string of the molecule is CC(N)c1n[nH]c(C2CCCOC2)n1. The molecular formula is C9H16N4O. The van der Waals surface area contributed by atoms with Gasteiger partial charge in [0.15, 0.2) is 5.82 Å². The standard InChI is InChI=1S/C9H16N4O/c1-6(10)8-11-9(13-12-8)7-3-2-4-14-5-7/h6-7H,2-5,10H2,1H3,(H,11,12,13). The van der Waals surface area contributed by atoms with E-state index in [2.05, 4.69) is 15.2 Å². The van der Waals surface area contributed by atoms with E-state index in [-0.39, 0.29) is 6.04 Å². The number of nitrogens with one attached hydrogen (secondary N) is 1. The van der Waals surface area contributed by atoms with Gasteiger partial charge in [-0.1, -0.05) is 0 Å². The zero-order valence-electron chi connectivity index (χ0n) is 8.36. The van der Waals surface area contributed by atoms with Crippen molar-refractivity contribution in [2.75, 3.05) is 13.2 Å². The molecule has 1 aliphatic heterocycles. The Morgan fingerprint density at radius 3 is 3.07 bits per heavy atom. The van der Waals surface area contributed by atoms with E-state index in [4.69, 9.17) is 10.5 Å². The first-order chi connectivity index (χ1) is 6.77. The second-order valence-electron chi connectivity index (χ2n) is 3.78. The summed E-state index contributed by atoms with van der Waals surface area (Å²) in [7, 11) is 0. The molecule has 0 saturated carbocycles. The third-order valence-electron chi connectivity index (χ3n) is 2.47. The Kier molecular flexibility index (Phi) is 2.79. The van der Waals surface area contributed by atoms with E-state index in [1.165, 1.54) is 0 Å². The molecule has 3 N–H and O–H groups in total. The van der Waals surface area contributed by atoms with E-state index in [0.717, 1.165) is 31.9 Å². The van der Waals surface area contributed by atoms with Crippen LogP contribution in [0.3, 0.4) is 0 Å². The van der Waals surface area contributed by atoms with E-state index in [1.54, 1.807) is 0 Å². The van der Waals surface area contributed by atoms with E-state index in [1.807, 2.05) is 6.92 Å². The van der Waals surface area contributed by atoms with Gasteiger partial charge in [0.1, 0.15) is 5.82 Å². The average molecular weight is 196 g/mol. The Morgan fingerprint density at radius 2 is 2.50 bits per heavy atom. The number of aromatic amines is 1. The predicted molar refractivity (Wildman–Crippen MR) is 51.8 cm³/mol. The van der Waals surface area contributed by atoms with Crippen LogP contribution in [-0.2, 0) is 4.74 Å². The van der Waals surface area contributed by atoms with Gasteiger partial charge < -0.3 is 10.5 Å². The first kappa shape index (κ1) is 9.61. The minimum Gasteiger partial charge on any atom is -0.381 e. The largest absolute Gasteiger partial charge is 0.381 e. The van der Waals surface area contributed by atoms with Gasteiger partial charge in [-0.05, 0) is 19.8 Å².